The van der Waals surface area contributed by atoms with Gasteiger partial charge in [0, 0.05) is 25.8 Å². The Bertz CT molecular complexity index is 689. The molecule has 0 bridgehead atoms. The molecule has 0 radical (unpaired) electrons. The average molecular weight is 337 g/mol. The van der Waals surface area contributed by atoms with Crippen LogP contribution in [0.5, 0.6) is 0 Å². The van der Waals surface area contributed by atoms with Crippen molar-refractivity contribution in [1.82, 2.24) is 10.3 Å². The Balaban J connectivity index is 1.51. The molecule has 132 valence electrons. The Kier molecular flexibility index (Phi) is 6.04. The number of carbonyl (C=O) groups is 1. The van der Waals surface area contributed by atoms with E-state index < -0.39 is 0 Å². The number of rotatable bonds is 5. The zero-order chi connectivity index (χ0) is 17.5. The second-order valence-corrected chi connectivity index (χ2v) is 6.81. The van der Waals surface area contributed by atoms with E-state index in [2.05, 4.69) is 27.3 Å². The Morgan fingerprint density at radius 2 is 1.84 bits per heavy atom. The van der Waals surface area contributed by atoms with Crippen molar-refractivity contribution in [2.45, 2.75) is 45.6 Å². The average Bonchev–Trinajstić information content (AvgIpc) is 2.92. The maximum atomic E-state index is 12.2. The summed E-state index contributed by atoms with van der Waals surface area (Å²) < 4.78 is 0. The van der Waals surface area contributed by atoms with E-state index >= 15 is 0 Å². The summed E-state index contributed by atoms with van der Waals surface area (Å²) in [5.74, 6) is 1.10. The zero-order valence-corrected chi connectivity index (χ0v) is 15.0. The van der Waals surface area contributed by atoms with Crippen LogP contribution in [-0.2, 0) is 17.8 Å². The first-order valence-electron chi connectivity index (χ1n) is 9.23. The highest BCUT2D eigenvalue weighted by atomic mass is 16.1. The molecule has 0 atom stereocenters. The van der Waals surface area contributed by atoms with E-state index in [0.29, 0.717) is 13.0 Å². The molecular weight excluding hydrogens is 310 g/mol. The van der Waals surface area contributed by atoms with Crippen molar-refractivity contribution >= 4 is 11.7 Å². The number of pyridine rings is 1. The first-order chi connectivity index (χ1) is 12.2. The van der Waals surface area contributed by atoms with Gasteiger partial charge in [-0.05, 0) is 42.5 Å². The number of nitrogens with zero attached hydrogens (tertiary/aromatic N) is 2. The van der Waals surface area contributed by atoms with Crippen LogP contribution in [0.4, 0.5) is 5.82 Å². The largest absolute Gasteiger partial charge is 0.357 e. The van der Waals surface area contributed by atoms with E-state index in [1.54, 1.807) is 0 Å². The van der Waals surface area contributed by atoms with Crippen molar-refractivity contribution in [3.63, 3.8) is 0 Å². The number of aromatic nitrogens is 1. The van der Waals surface area contributed by atoms with E-state index in [1.807, 2.05) is 37.4 Å². The fourth-order valence-corrected chi connectivity index (χ4v) is 3.25. The van der Waals surface area contributed by atoms with Gasteiger partial charge in [-0.1, -0.05) is 43.2 Å². The number of aryl methyl sites for hydroxylation is 1. The molecule has 0 aliphatic carbocycles. The third kappa shape index (κ3) is 5.05. The normalized spacial score (nSPS) is 14.8. The van der Waals surface area contributed by atoms with Crippen molar-refractivity contribution in [3.05, 3.63) is 59.3 Å². The van der Waals surface area contributed by atoms with E-state index in [1.165, 1.54) is 25.7 Å². The van der Waals surface area contributed by atoms with Gasteiger partial charge in [-0.25, -0.2) is 4.98 Å². The molecule has 1 aliphatic heterocycles. The topological polar surface area (TPSA) is 45.2 Å². The second kappa shape index (κ2) is 8.65. The third-order valence-electron chi connectivity index (χ3n) is 4.84. The molecule has 2 heterocycles. The van der Waals surface area contributed by atoms with Gasteiger partial charge in [0.2, 0.25) is 5.91 Å². The van der Waals surface area contributed by atoms with Gasteiger partial charge in [0.15, 0.2) is 0 Å². The molecule has 4 nitrogen and oxygen atoms in total. The lowest BCUT2D eigenvalue weighted by molar-refractivity contribution is -0.120. The van der Waals surface area contributed by atoms with Gasteiger partial charge in [0.25, 0.3) is 0 Å². The number of amides is 1. The van der Waals surface area contributed by atoms with Gasteiger partial charge in [0.1, 0.15) is 5.82 Å². The van der Waals surface area contributed by atoms with Gasteiger partial charge in [-0.15, -0.1) is 0 Å². The van der Waals surface area contributed by atoms with Crippen LogP contribution in [0.1, 0.15) is 42.4 Å². The molecule has 25 heavy (non-hydrogen) atoms. The molecule has 1 amide bonds. The standard InChI is InChI=1S/C21H27N3O/c1-17-8-4-5-9-19(17)14-21(25)23-16-18-10-11-20(22-15-18)24-12-6-2-3-7-13-24/h4-5,8-11,15H,2-3,6-7,12-14,16H2,1H3,(H,23,25). The van der Waals surface area contributed by atoms with Gasteiger partial charge < -0.3 is 10.2 Å². The molecule has 3 rings (SSSR count). The van der Waals surface area contributed by atoms with E-state index in [-0.39, 0.29) is 5.91 Å². The predicted molar refractivity (Wildman–Crippen MR) is 102 cm³/mol. The lowest BCUT2D eigenvalue weighted by atomic mass is 10.1. The quantitative estimate of drug-likeness (QED) is 0.906. The number of benzene rings is 1. The maximum absolute atomic E-state index is 12.2. The second-order valence-electron chi connectivity index (χ2n) is 6.81. The van der Waals surface area contributed by atoms with Crippen molar-refractivity contribution in [2.24, 2.45) is 0 Å². The highest BCUT2D eigenvalue weighted by Gasteiger charge is 2.11. The molecule has 1 fully saturated rings. The van der Waals surface area contributed by atoms with E-state index in [9.17, 15) is 4.79 Å². The summed E-state index contributed by atoms with van der Waals surface area (Å²) in [5.41, 5.74) is 3.27. The fourth-order valence-electron chi connectivity index (χ4n) is 3.25. The summed E-state index contributed by atoms with van der Waals surface area (Å²) in [4.78, 5) is 19.1. The minimum absolute atomic E-state index is 0.0471. The Labute approximate surface area is 150 Å². The van der Waals surface area contributed by atoms with Gasteiger partial charge in [-0.2, -0.15) is 0 Å². The summed E-state index contributed by atoms with van der Waals surface area (Å²) >= 11 is 0. The van der Waals surface area contributed by atoms with Gasteiger partial charge in [0.05, 0.1) is 6.42 Å². The van der Waals surface area contributed by atoms with Crippen molar-refractivity contribution in [2.75, 3.05) is 18.0 Å². The molecule has 1 aliphatic rings. The molecular formula is C21H27N3O. The number of carbonyl (C=O) groups excluding carboxylic acids is 1. The van der Waals surface area contributed by atoms with Gasteiger partial charge in [-0.3, -0.25) is 4.79 Å². The smallest absolute Gasteiger partial charge is 0.224 e. The summed E-state index contributed by atoms with van der Waals surface area (Å²) in [5, 5.41) is 2.99. The number of hydrogen-bond donors (Lipinski definition) is 1. The van der Waals surface area contributed by atoms with Crippen LogP contribution in [0.3, 0.4) is 0 Å². The Morgan fingerprint density at radius 3 is 2.52 bits per heavy atom. The van der Waals surface area contributed by atoms with Crippen LogP contribution in [-0.4, -0.2) is 24.0 Å². The minimum Gasteiger partial charge on any atom is -0.357 e. The zero-order valence-electron chi connectivity index (χ0n) is 15.0. The SMILES string of the molecule is Cc1ccccc1CC(=O)NCc1ccc(N2CCCCCC2)nc1. The molecule has 0 saturated carbocycles. The van der Waals surface area contributed by atoms with Gasteiger partial charge >= 0.3 is 0 Å². The van der Waals surface area contributed by atoms with E-state index in [4.69, 9.17) is 0 Å². The number of anilines is 1. The Hall–Kier alpha value is -2.36. The summed E-state index contributed by atoms with van der Waals surface area (Å²) in [6, 6.07) is 12.2. The first kappa shape index (κ1) is 17.5. The summed E-state index contributed by atoms with van der Waals surface area (Å²) in [6.07, 6.45) is 7.44. The summed E-state index contributed by atoms with van der Waals surface area (Å²) in [7, 11) is 0. The molecule has 1 aromatic carbocycles. The number of hydrogen-bond acceptors (Lipinski definition) is 3. The molecule has 0 spiro atoms. The summed E-state index contributed by atoms with van der Waals surface area (Å²) in [6.45, 7) is 4.76. The minimum atomic E-state index is 0.0471. The van der Waals surface area contributed by atoms with Crippen molar-refractivity contribution in [1.29, 1.82) is 0 Å². The van der Waals surface area contributed by atoms with Crippen LogP contribution in [0.15, 0.2) is 42.6 Å². The molecule has 0 unspecified atom stereocenters. The van der Waals surface area contributed by atoms with Crippen LogP contribution in [0, 0.1) is 6.92 Å². The van der Waals surface area contributed by atoms with Crippen molar-refractivity contribution < 1.29 is 4.79 Å². The first-order valence-corrected chi connectivity index (χ1v) is 9.23. The van der Waals surface area contributed by atoms with Crippen LogP contribution in [0.25, 0.3) is 0 Å². The lowest BCUT2D eigenvalue weighted by Gasteiger charge is -2.21. The predicted octanol–water partition coefficient (Wildman–Crippen LogP) is 3.63. The maximum Gasteiger partial charge on any atom is 0.224 e. The molecule has 1 N–H and O–H groups in total. The monoisotopic (exact) mass is 337 g/mol. The van der Waals surface area contributed by atoms with Crippen LogP contribution in [0.2, 0.25) is 0 Å². The fraction of sp³-hybridized carbons (Fsp3) is 0.429. The highest BCUT2D eigenvalue weighted by molar-refractivity contribution is 5.78. The van der Waals surface area contributed by atoms with E-state index in [0.717, 1.165) is 35.6 Å². The molecule has 1 saturated heterocycles. The van der Waals surface area contributed by atoms with Crippen LogP contribution >= 0.6 is 0 Å². The highest BCUT2D eigenvalue weighted by Crippen LogP contribution is 2.17. The number of nitrogens with one attached hydrogen (secondary N) is 1. The molecule has 2 aromatic rings. The molecule has 4 heteroatoms. The third-order valence-corrected chi connectivity index (χ3v) is 4.84. The molecule has 1 aromatic heterocycles. The van der Waals surface area contributed by atoms with Crippen LogP contribution < -0.4 is 10.2 Å². The Morgan fingerprint density at radius 1 is 1.08 bits per heavy atom. The van der Waals surface area contributed by atoms with Crippen molar-refractivity contribution in [3.8, 4) is 0 Å². The lowest BCUT2D eigenvalue weighted by Crippen LogP contribution is -2.26.